The summed E-state index contributed by atoms with van der Waals surface area (Å²) in [5.41, 5.74) is 0.675. The molecule has 0 saturated carbocycles. The number of aryl methyl sites for hydroxylation is 1. The number of carbonyl (C=O) groups excluding carboxylic acids is 1. The number of carboxylic acid groups (broad SMARTS) is 1. The summed E-state index contributed by atoms with van der Waals surface area (Å²) >= 11 is 1.35. The van der Waals surface area contributed by atoms with Crippen molar-refractivity contribution in [3.8, 4) is 0 Å². The Kier molecular flexibility index (Phi) is 4.70. The summed E-state index contributed by atoms with van der Waals surface area (Å²) in [7, 11) is 0. The number of amides is 1. The Morgan fingerprint density at radius 1 is 1.38 bits per heavy atom. The number of nitrogens with one attached hydrogen (secondary N) is 1. The van der Waals surface area contributed by atoms with E-state index in [1.54, 1.807) is 30.5 Å². The highest BCUT2D eigenvalue weighted by Gasteiger charge is 2.21. The van der Waals surface area contributed by atoms with Crippen LogP contribution in [0.15, 0.2) is 35.7 Å². The second kappa shape index (κ2) is 6.49. The lowest BCUT2D eigenvalue weighted by atomic mass is 10.1. The van der Waals surface area contributed by atoms with Gasteiger partial charge >= 0.3 is 5.97 Å². The van der Waals surface area contributed by atoms with Crippen LogP contribution in [-0.4, -0.2) is 17.0 Å². The molecule has 0 saturated heterocycles. The molecule has 0 bridgehead atoms. The molecule has 1 aromatic heterocycles. The zero-order chi connectivity index (χ0) is 15.4. The van der Waals surface area contributed by atoms with E-state index in [1.807, 2.05) is 0 Å². The Morgan fingerprint density at radius 2 is 2.14 bits per heavy atom. The number of carboxylic acids is 1. The number of hydrogen-bond donors (Lipinski definition) is 2. The van der Waals surface area contributed by atoms with Gasteiger partial charge < -0.3 is 10.4 Å². The molecule has 0 aliphatic heterocycles. The highest BCUT2D eigenvalue weighted by molar-refractivity contribution is 7.10. The van der Waals surface area contributed by atoms with E-state index in [2.05, 4.69) is 5.32 Å². The van der Waals surface area contributed by atoms with Crippen LogP contribution in [0.25, 0.3) is 0 Å². The lowest BCUT2D eigenvalue weighted by Crippen LogP contribution is -2.30. The highest BCUT2D eigenvalue weighted by Crippen LogP contribution is 2.23. The summed E-state index contributed by atoms with van der Waals surface area (Å²) in [6, 6.07) is 7.08. The van der Waals surface area contributed by atoms with Crippen molar-refractivity contribution in [1.82, 2.24) is 5.32 Å². The summed E-state index contributed by atoms with van der Waals surface area (Å²) in [5, 5.41) is 13.3. The molecule has 1 heterocycles. The minimum Gasteiger partial charge on any atom is -0.481 e. The van der Waals surface area contributed by atoms with Gasteiger partial charge in [-0.1, -0.05) is 17.7 Å². The van der Waals surface area contributed by atoms with E-state index in [0.29, 0.717) is 0 Å². The quantitative estimate of drug-likeness (QED) is 0.892. The normalized spacial score (nSPS) is 11.9. The standard InChI is InChI=1S/C15H14FNO3S/c1-9-4-5-11(16)10(7-9)15(20)17-12(8-14(18)19)13-3-2-6-21-13/h2-7,12H,8H2,1H3,(H,17,20)(H,18,19). The van der Waals surface area contributed by atoms with Crippen LogP contribution >= 0.6 is 11.3 Å². The third-order valence-electron chi connectivity index (χ3n) is 2.94. The zero-order valence-corrected chi connectivity index (χ0v) is 12.1. The number of halogens is 1. The third-order valence-corrected chi connectivity index (χ3v) is 3.92. The maximum atomic E-state index is 13.7. The molecule has 21 heavy (non-hydrogen) atoms. The first-order chi connectivity index (χ1) is 9.97. The van der Waals surface area contributed by atoms with Crippen LogP contribution < -0.4 is 5.32 Å². The van der Waals surface area contributed by atoms with Crippen molar-refractivity contribution in [3.05, 3.63) is 57.5 Å². The van der Waals surface area contributed by atoms with Gasteiger partial charge in [0.05, 0.1) is 18.0 Å². The van der Waals surface area contributed by atoms with Crippen LogP contribution in [0, 0.1) is 12.7 Å². The Balaban J connectivity index is 2.22. The van der Waals surface area contributed by atoms with Gasteiger partial charge in [0.15, 0.2) is 0 Å². The zero-order valence-electron chi connectivity index (χ0n) is 11.3. The Bertz CT molecular complexity index is 655. The maximum Gasteiger partial charge on any atom is 0.305 e. The predicted octanol–water partition coefficient (Wildman–Crippen LogP) is 3.14. The highest BCUT2D eigenvalue weighted by atomic mass is 32.1. The van der Waals surface area contributed by atoms with E-state index in [9.17, 15) is 14.0 Å². The number of rotatable bonds is 5. The summed E-state index contributed by atoms with van der Waals surface area (Å²) in [4.78, 5) is 23.8. The molecule has 2 aromatic rings. The average Bonchev–Trinajstić information content (AvgIpc) is 2.94. The van der Waals surface area contributed by atoms with Crippen LogP contribution in [0.4, 0.5) is 4.39 Å². The molecule has 2 rings (SSSR count). The minimum atomic E-state index is -1.03. The van der Waals surface area contributed by atoms with Crippen molar-refractivity contribution in [2.45, 2.75) is 19.4 Å². The van der Waals surface area contributed by atoms with E-state index in [0.717, 1.165) is 10.4 Å². The van der Waals surface area contributed by atoms with Crippen LogP contribution in [0.2, 0.25) is 0 Å². The maximum absolute atomic E-state index is 13.7. The number of benzene rings is 1. The van der Waals surface area contributed by atoms with Crippen molar-refractivity contribution in [1.29, 1.82) is 0 Å². The van der Waals surface area contributed by atoms with Crippen molar-refractivity contribution >= 4 is 23.2 Å². The van der Waals surface area contributed by atoms with Gasteiger partial charge in [-0.25, -0.2) is 4.39 Å². The predicted molar refractivity (Wildman–Crippen MR) is 77.9 cm³/mol. The molecular weight excluding hydrogens is 293 g/mol. The van der Waals surface area contributed by atoms with E-state index >= 15 is 0 Å². The number of carbonyl (C=O) groups is 2. The molecule has 0 aliphatic carbocycles. The Hall–Kier alpha value is -2.21. The molecule has 1 aromatic carbocycles. The van der Waals surface area contributed by atoms with Crippen LogP contribution in [0.3, 0.4) is 0 Å². The third kappa shape index (κ3) is 3.88. The first-order valence-electron chi connectivity index (χ1n) is 6.29. The molecule has 1 unspecified atom stereocenters. The summed E-state index contributed by atoms with van der Waals surface area (Å²) in [5.74, 6) is -2.27. The Labute approximate surface area is 125 Å². The first kappa shape index (κ1) is 15.2. The van der Waals surface area contributed by atoms with Crippen molar-refractivity contribution in [2.75, 3.05) is 0 Å². The second-order valence-corrected chi connectivity index (χ2v) is 5.60. The van der Waals surface area contributed by atoms with Crippen molar-refractivity contribution in [3.63, 3.8) is 0 Å². The van der Waals surface area contributed by atoms with Gasteiger partial charge in [-0.15, -0.1) is 11.3 Å². The molecule has 1 amide bonds. The largest absolute Gasteiger partial charge is 0.481 e. The lowest BCUT2D eigenvalue weighted by Gasteiger charge is -2.16. The SMILES string of the molecule is Cc1ccc(F)c(C(=O)NC(CC(=O)O)c2cccs2)c1. The molecule has 0 aliphatic rings. The van der Waals surface area contributed by atoms with Crippen LogP contribution in [-0.2, 0) is 4.79 Å². The molecule has 110 valence electrons. The fourth-order valence-corrected chi connectivity index (χ4v) is 2.71. The molecule has 0 fully saturated rings. The van der Waals surface area contributed by atoms with Gasteiger partial charge in [0.1, 0.15) is 5.82 Å². The first-order valence-corrected chi connectivity index (χ1v) is 7.17. The van der Waals surface area contributed by atoms with E-state index < -0.39 is 23.7 Å². The van der Waals surface area contributed by atoms with Crippen molar-refractivity contribution < 1.29 is 19.1 Å². The van der Waals surface area contributed by atoms with E-state index in [4.69, 9.17) is 5.11 Å². The summed E-state index contributed by atoms with van der Waals surface area (Å²) in [6.07, 6.45) is -0.250. The van der Waals surface area contributed by atoms with Crippen molar-refractivity contribution in [2.24, 2.45) is 0 Å². The fourth-order valence-electron chi connectivity index (χ4n) is 1.94. The summed E-state index contributed by atoms with van der Waals surface area (Å²) in [6.45, 7) is 1.75. The smallest absolute Gasteiger partial charge is 0.305 e. The number of aliphatic carboxylic acids is 1. The van der Waals surface area contributed by atoms with E-state index in [-0.39, 0.29) is 12.0 Å². The fraction of sp³-hybridized carbons (Fsp3) is 0.200. The molecule has 6 heteroatoms. The van der Waals surface area contributed by atoms with Gasteiger partial charge in [-0.2, -0.15) is 0 Å². The molecule has 0 radical (unpaired) electrons. The Morgan fingerprint density at radius 3 is 2.76 bits per heavy atom. The van der Waals surface area contributed by atoms with Crippen LogP contribution in [0.5, 0.6) is 0 Å². The minimum absolute atomic E-state index is 0.0815. The molecule has 2 N–H and O–H groups in total. The molecule has 4 nitrogen and oxygen atoms in total. The second-order valence-electron chi connectivity index (χ2n) is 4.62. The summed E-state index contributed by atoms with van der Waals surface area (Å²) < 4.78 is 13.7. The topological polar surface area (TPSA) is 66.4 Å². The monoisotopic (exact) mass is 307 g/mol. The lowest BCUT2D eigenvalue weighted by molar-refractivity contribution is -0.137. The number of thiophene rings is 1. The molecule has 1 atom stereocenters. The number of hydrogen-bond acceptors (Lipinski definition) is 3. The van der Waals surface area contributed by atoms with Gasteiger partial charge in [-0.3, -0.25) is 9.59 Å². The van der Waals surface area contributed by atoms with E-state index in [1.165, 1.54) is 23.5 Å². The van der Waals surface area contributed by atoms with Gasteiger partial charge in [-0.05, 0) is 30.5 Å². The van der Waals surface area contributed by atoms with Gasteiger partial charge in [0.25, 0.3) is 5.91 Å². The molecular formula is C15H14FNO3S. The van der Waals surface area contributed by atoms with Gasteiger partial charge in [0, 0.05) is 4.88 Å². The van der Waals surface area contributed by atoms with Gasteiger partial charge in [0.2, 0.25) is 0 Å². The molecule has 0 spiro atoms. The van der Waals surface area contributed by atoms with Crippen LogP contribution in [0.1, 0.15) is 33.3 Å². The average molecular weight is 307 g/mol.